The molecule has 0 N–H and O–H groups in total. The molecule has 0 unspecified atom stereocenters. The Morgan fingerprint density at radius 3 is 2.20 bits per heavy atom. The van der Waals surface area contributed by atoms with Crippen LogP contribution in [0.5, 0.6) is 11.5 Å². The van der Waals surface area contributed by atoms with Gasteiger partial charge in [-0.05, 0) is 175 Å². The van der Waals surface area contributed by atoms with Gasteiger partial charge in [0.2, 0.25) is 0 Å². The first kappa shape index (κ1) is 28.9. The highest BCUT2D eigenvalue weighted by Gasteiger charge is 2.28. The number of hydrogen-bond donors (Lipinski definition) is 0. The normalized spacial score (nSPS) is 17.8. The Morgan fingerprint density at radius 2 is 1.39 bits per heavy atom. The standard InChI is InChI=1S/C57H52N2O2/c1-34-26-52(58-32-36(34)3)43-27-49(40-13-9-8-10-14-40)38(5)54(28-43)60-44-29-50-47-20-17-41-15-11-12-16-46(41)55(47)61-56(50)51(30-44)53-31-48(37(4)33-59-53)45-19-18-42(25-35(45)2)39-21-23-57(6,7)24-22-39/h8-20,25-33,39H,21-24H2,1-7H3/i1D3,3D3,5D3,39D. The Morgan fingerprint density at radius 1 is 0.607 bits per heavy atom. The number of ether oxygens (including phenoxy) is 1. The first-order chi connectivity index (χ1) is 33.5. The van der Waals surface area contributed by atoms with Gasteiger partial charge in [-0.25, -0.2) is 0 Å². The number of aryl methyl sites for hydroxylation is 4. The van der Waals surface area contributed by atoms with Crippen LogP contribution in [-0.2, 0) is 0 Å². The van der Waals surface area contributed by atoms with Crippen molar-refractivity contribution in [1.82, 2.24) is 9.97 Å². The Kier molecular flexibility index (Phi) is 7.19. The minimum atomic E-state index is -2.80. The van der Waals surface area contributed by atoms with Crippen molar-refractivity contribution in [2.45, 2.75) is 79.8 Å². The van der Waals surface area contributed by atoms with E-state index in [0.29, 0.717) is 44.5 Å². The molecular formula is C57H52N2O2. The van der Waals surface area contributed by atoms with Gasteiger partial charge in [-0.15, -0.1) is 0 Å². The zero-order chi connectivity index (χ0) is 50.4. The number of nitrogens with zero attached hydrogens (tertiary/aromatic N) is 2. The molecule has 1 aliphatic rings. The van der Waals surface area contributed by atoms with Crippen LogP contribution in [0.25, 0.3) is 77.5 Å². The van der Waals surface area contributed by atoms with E-state index in [9.17, 15) is 1.37 Å². The molecule has 4 heteroatoms. The van der Waals surface area contributed by atoms with Crippen LogP contribution in [-0.4, -0.2) is 9.97 Å². The molecule has 10 rings (SSSR count). The van der Waals surface area contributed by atoms with Crippen LogP contribution in [0.4, 0.5) is 0 Å². The fourth-order valence-electron chi connectivity index (χ4n) is 8.92. The van der Waals surface area contributed by atoms with Crippen LogP contribution < -0.4 is 4.74 Å². The summed E-state index contributed by atoms with van der Waals surface area (Å²) in [4.78, 5) is 9.46. The van der Waals surface area contributed by atoms with Crippen molar-refractivity contribution < 1.29 is 22.9 Å². The van der Waals surface area contributed by atoms with E-state index in [0.717, 1.165) is 75.9 Å². The Hall–Kier alpha value is -6.52. The molecule has 1 saturated carbocycles. The Bertz CT molecular complexity index is 3540. The van der Waals surface area contributed by atoms with Gasteiger partial charge in [-0.2, -0.15) is 0 Å². The molecule has 61 heavy (non-hydrogen) atoms. The maximum absolute atomic E-state index is 9.48. The highest BCUT2D eigenvalue weighted by molar-refractivity contribution is 6.17. The first-order valence-electron chi connectivity index (χ1n) is 25.9. The van der Waals surface area contributed by atoms with Crippen molar-refractivity contribution in [2.24, 2.45) is 5.41 Å². The summed E-state index contributed by atoms with van der Waals surface area (Å²) in [5.41, 5.74) is 8.07. The van der Waals surface area contributed by atoms with Gasteiger partial charge in [0.05, 0.1) is 11.4 Å². The van der Waals surface area contributed by atoms with Crippen LogP contribution >= 0.6 is 0 Å². The lowest BCUT2D eigenvalue weighted by Crippen LogP contribution is -2.20. The Balaban J connectivity index is 1.17. The lowest BCUT2D eigenvalue weighted by molar-refractivity contribution is 0.224. The number of benzene rings is 6. The molecule has 4 nitrogen and oxygen atoms in total. The van der Waals surface area contributed by atoms with Crippen molar-refractivity contribution in [1.29, 1.82) is 0 Å². The zero-order valence-electron chi connectivity index (χ0n) is 44.7. The SMILES string of the molecule is [2H]C([2H])([2H])c1cnc(-c2cc(Oc3cc(-c4cc(-c5ccc(C6([2H])CCC(C)(C)CC6)cc5C)c(C)cn4)c4oc5c6ccccc6ccc5c4c3)c(C([2H])([2H])[2H])c(-c3ccccc3)c2)cc1C([2H])([2H])[2H]. The van der Waals surface area contributed by atoms with Gasteiger partial charge in [0.15, 0.2) is 0 Å². The number of furan rings is 1. The van der Waals surface area contributed by atoms with E-state index in [1.165, 1.54) is 12.1 Å². The van der Waals surface area contributed by atoms with E-state index >= 15 is 0 Å². The Labute approximate surface area is 373 Å². The van der Waals surface area contributed by atoms with Crippen molar-refractivity contribution in [3.63, 3.8) is 0 Å². The third-order valence-electron chi connectivity index (χ3n) is 12.6. The summed E-state index contributed by atoms with van der Waals surface area (Å²) in [6, 6.07) is 37.4. The number of hydrogen-bond acceptors (Lipinski definition) is 4. The van der Waals surface area contributed by atoms with E-state index < -0.39 is 32.0 Å². The summed E-state index contributed by atoms with van der Waals surface area (Å²) in [6.45, 7) is 0.419. The van der Waals surface area contributed by atoms with Gasteiger partial charge in [0, 0.05) is 53.4 Å². The van der Waals surface area contributed by atoms with Gasteiger partial charge in [-0.1, -0.05) is 92.7 Å². The molecule has 3 heterocycles. The smallest absolute Gasteiger partial charge is 0.145 e. The summed E-state index contributed by atoms with van der Waals surface area (Å²) < 4.78 is 99.0. The molecule has 0 radical (unpaired) electrons. The molecule has 1 aliphatic carbocycles. The summed E-state index contributed by atoms with van der Waals surface area (Å²) in [5.74, 6) is -0.402. The summed E-state index contributed by atoms with van der Waals surface area (Å²) in [7, 11) is 0. The van der Waals surface area contributed by atoms with Crippen molar-refractivity contribution in [2.75, 3.05) is 0 Å². The van der Waals surface area contributed by atoms with Crippen LogP contribution in [0.3, 0.4) is 0 Å². The topological polar surface area (TPSA) is 48.2 Å². The van der Waals surface area contributed by atoms with Crippen LogP contribution in [0.2, 0.25) is 0 Å². The molecule has 0 bridgehead atoms. The second kappa shape index (κ2) is 15.2. The van der Waals surface area contributed by atoms with Gasteiger partial charge in [0.1, 0.15) is 22.7 Å². The average molecular weight is 807 g/mol. The second-order valence-corrected chi connectivity index (χ2v) is 17.3. The molecule has 0 amide bonds. The largest absolute Gasteiger partial charge is 0.457 e. The lowest BCUT2D eigenvalue weighted by Gasteiger charge is -2.34. The summed E-state index contributed by atoms with van der Waals surface area (Å²) in [5, 5.41) is 3.42. The third kappa shape index (κ3) is 7.18. The van der Waals surface area contributed by atoms with E-state index in [1.807, 2.05) is 67.7 Å². The quantitative estimate of drug-likeness (QED) is 0.161. The van der Waals surface area contributed by atoms with Gasteiger partial charge in [0.25, 0.3) is 0 Å². The van der Waals surface area contributed by atoms with Gasteiger partial charge >= 0.3 is 0 Å². The monoisotopic (exact) mass is 806 g/mol. The first-order valence-corrected chi connectivity index (χ1v) is 20.9. The number of aromatic nitrogens is 2. The summed E-state index contributed by atoms with van der Waals surface area (Å²) >= 11 is 0. The van der Waals surface area contributed by atoms with E-state index in [-0.39, 0.29) is 33.7 Å². The highest BCUT2D eigenvalue weighted by atomic mass is 16.5. The average Bonchev–Trinajstić information content (AvgIpc) is 3.71. The molecule has 3 aromatic heterocycles. The van der Waals surface area contributed by atoms with Crippen LogP contribution in [0.1, 0.15) is 92.5 Å². The van der Waals surface area contributed by atoms with E-state index in [4.69, 9.17) is 26.5 Å². The molecule has 9 aromatic rings. The molecule has 0 aliphatic heterocycles. The lowest BCUT2D eigenvalue weighted by atomic mass is 9.71. The van der Waals surface area contributed by atoms with Crippen molar-refractivity contribution >= 4 is 32.7 Å². The fourth-order valence-corrected chi connectivity index (χ4v) is 8.92. The number of rotatable bonds is 7. The maximum Gasteiger partial charge on any atom is 0.145 e. The minimum Gasteiger partial charge on any atom is -0.457 e. The number of fused-ring (bicyclic) bond motifs is 5. The summed E-state index contributed by atoms with van der Waals surface area (Å²) in [6.07, 6.45) is 6.52. The second-order valence-electron chi connectivity index (χ2n) is 17.3. The molecule has 0 saturated heterocycles. The third-order valence-corrected chi connectivity index (χ3v) is 12.6. The minimum absolute atomic E-state index is 0.0380. The zero-order valence-corrected chi connectivity index (χ0v) is 34.7. The fraction of sp³-hybridized carbons (Fsp3) is 0.228. The van der Waals surface area contributed by atoms with E-state index in [2.05, 4.69) is 44.0 Å². The van der Waals surface area contributed by atoms with E-state index in [1.54, 1.807) is 36.4 Å². The molecule has 6 aromatic carbocycles. The molecule has 0 atom stereocenters. The molecule has 302 valence electrons. The predicted octanol–water partition coefficient (Wildman–Crippen LogP) is 16.2. The highest BCUT2D eigenvalue weighted by Crippen LogP contribution is 2.46. The van der Waals surface area contributed by atoms with Crippen LogP contribution in [0, 0.1) is 39.8 Å². The van der Waals surface area contributed by atoms with Crippen molar-refractivity contribution in [3.8, 4) is 56.3 Å². The van der Waals surface area contributed by atoms with Crippen LogP contribution in [0.15, 0.2) is 138 Å². The van der Waals surface area contributed by atoms with Crippen molar-refractivity contribution in [3.05, 3.63) is 167 Å². The molecular weight excluding hydrogens is 745 g/mol. The molecule has 0 spiro atoms. The maximum atomic E-state index is 9.48. The van der Waals surface area contributed by atoms with Gasteiger partial charge in [-0.3, -0.25) is 9.97 Å². The molecule has 1 fully saturated rings. The van der Waals surface area contributed by atoms with Gasteiger partial charge < -0.3 is 9.15 Å². The predicted molar refractivity (Wildman–Crippen MR) is 254 cm³/mol. The number of pyridine rings is 2.